The zero-order chi connectivity index (χ0) is 13.3. The Hall–Kier alpha value is -1.26. The third kappa shape index (κ3) is 5.09. The molecule has 0 bridgehead atoms. The van der Waals surface area contributed by atoms with Gasteiger partial charge in [-0.25, -0.2) is 0 Å². The Morgan fingerprint density at radius 2 is 2.11 bits per heavy atom. The molecule has 0 aliphatic carbocycles. The molecule has 1 saturated heterocycles. The highest BCUT2D eigenvalue weighted by Crippen LogP contribution is 2.19. The summed E-state index contributed by atoms with van der Waals surface area (Å²) in [7, 11) is 0. The van der Waals surface area contributed by atoms with Gasteiger partial charge in [-0.15, -0.1) is 0 Å². The van der Waals surface area contributed by atoms with Crippen LogP contribution in [0.5, 0.6) is 5.75 Å². The van der Waals surface area contributed by atoms with Crippen LogP contribution in [0.3, 0.4) is 0 Å². The molecule has 1 fully saturated rings. The van der Waals surface area contributed by atoms with Crippen LogP contribution in [-0.2, 0) is 9.47 Å². The molecule has 1 atom stereocenters. The molecule has 0 saturated carbocycles. The lowest BCUT2D eigenvalue weighted by Gasteiger charge is -2.22. The molecule has 0 radical (unpaired) electrons. The van der Waals surface area contributed by atoms with E-state index in [1.165, 1.54) is 12.8 Å². The number of ether oxygens (including phenoxy) is 3. The molecule has 1 aromatic carbocycles. The Balaban J connectivity index is 1.51. The topological polar surface area (TPSA) is 53.7 Å². The van der Waals surface area contributed by atoms with E-state index in [2.05, 4.69) is 0 Å². The van der Waals surface area contributed by atoms with E-state index in [0.29, 0.717) is 31.6 Å². The molecule has 0 amide bonds. The number of hydrogen-bond donors (Lipinski definition) is 1. The minimum absolute atomic E-state index is 0.291. The fourth-order valence-corrected chi connectivity index (χ4v) is 2.11. The summed E-state index contributed by atoms with van der Waals surface area (Å²) in [6.45, 7) is 2.91. The van der Waals surface area contributed by atoms with E-state index >= 15 is 0 Å². The lowest BCUT2D eigenvalue weighted by atomic mass is 10.1. The number of nitrogen functional groups attached to an aromatic ring is 1. The Kier molecular flexibility index (Phi) is 5.98. The summed E-state index contributed by atoms with van der Waals surface area (Å²) in [6, 6.07) is 7.54. The van der Waals surface area contributed by atoms with Gasteiger partial charge < -0.3 is 19.9 Å². The Morgan fingerprint density at radius 1 is 1.21 bits per heavy atom. The van der Waals surface area contributed by atoms with Crippen LogP contribution in [0.1, 0.15) is 25.7 Å². The van der Waals surface area contributed by atoms with Crippen LogP contribution < -0.4 is 10.5 Å². The molecule has 106 valence electrons. The molecule has 0 aromatic heterocycles. The second kappa shape index (κ2) is 8.02. The van der Waals surface area contributed by atoms with Gasteiger partial charge in [0.05, 0.1) is 25.0 Å². The predicted molar refractivity (Wildman–Crippen MR) is 75.4 cm³/mol. The highest BCUT2D eigenvalue weighted by atomic mass is 16.5. The van der Waals surface area contributed by atoms with Gasteiger partial charge in [-0.05, 0) is 31.4 Å². The minimum atomic E-state index is 0.291. The van der Waals surface area contributed by atoms with Crippen LogP contribution >= 0.6 is 0 Å². The van der Waals surface area contributed by atoms with E-state index in [1.54, 1.807) is 0 Å². The number of rotatable bonds is 7. The van der Waals surface area contributed by atoms with E-state index in [9.17, 15) is 0 Å². The summed E-state index contributed by atoms with van der Waals surface area (Å²) >= 11 is 0. The normalized spacial score (nSPS) is 19.3. The van der Waals surface area contributed by atoms with Gasteiger partial charge in [-0.2, -0.15) is 0 Å². The van der Waals surface area contributed by atoms with Crippen LogP contribution in [0.4, 0.5) is 5.69 Å². The number of anilines is 1. The van der Waals surface area contributed by atoms with Gasteiger partial charge >= 0.3 is 0 Å². The number of para-hydroxylation sites is 2. The SMILES string of the molecule is Nc1ccccc1OCCCOCC1CCCCO1. The zero-order valence-corrected chi connectivity index (χ0v) is 11.3. The molecule has 0 spiro atoms. The summed E-state index contributed by atoms with van der Waals surface area (Å²) in [5.74, 6) is 0.748. The first-order valence-corrected chi connectivity index (χ1v) is 7.03. The van der Waals surface area contributed by atoms with Crippen LogP contribution in [0, 0.1) is 0 Å². The number of hydrogen-bond acceptors (Lipinski definition) is 4. The van der Waals surface area contributed by atoms with Crippen molar-refractivity contribution in [2.45, 2.75) is 31.8 Å². The monoisotopic (exact) mass is 265 g/mol. The van der Waals surface area contributed by atoms with Crippen molar-refractivity contribution >= 4 is 5.69 Å². The molecular formula is C15H23NO3. The lowest BCUT2D eigenvalue weighted by Crippen LogP contribution is -2.24. The fourth-order valence-electron chi connectivity index (χ4n) is 2.11. The van der Waals surface area contributed by atoms with Crippen molar-refractivity contribution < 1.29 is 14.2 Å². The minimum Gasteiger partial charge on any atom is -0.491 e. The van der Waals surface area contributed by atoms with Gasteiger partial charge in [0.15, 0.2) is 0 Å². The van der Waals surface area contributed by atoms with Crippen molar-refractivity contribution in [3.8, 4) is 5.75 Å². The maximum atomic E-state index is 5.79. The van der Waals surface area contributed by atoms with Gasteiger partial charge in [0.25, 0.3) is 0 Å². The van der Waals surface area contributed by atoms with Crippen molar-refractivity contribution in [3.05, 3.63) is 24.3 Å². The van der Waals surface area contributed by atoms with Crippen molar-refractivity contribution in [1.82, 2.24) is 0 Å². The maximum absolute atomic E-state index is 5.79. The van der Waals surface area contributed by atoms with Crippen LogP contribution in [0.2, 0.25) is 0 Å². The standard InChI is InChI=1S/C15H23NO3/c16-14-7-1-2-8-15(14)19-11-5-9-17-12-13-6-3-4-10-18-13/h1-2,7-8,13H,3-6,9-12,16H2. The second-order valence-electron chi connectivity index (χ2n) is 4.80. The van der Waals surface area contributed by atoms with Gasteiger partial charge in [0.1, 0.15) is 5.75 Å². The van der Waals surface area contributed by atoms with Crippen molar-refractivity contribution in [3.63, 3.8) is 0 Å². The average Bonchev–Trinajstić information content (AvgIpc) is 2.45. The van der Waals surface area contributed by atoms with Gasteiger partial charge in [-0.3, -0.25) is 0 Å². The Labute approximate surface area is 114 Å². The van der Waals surface area contributed by atoms with Crippen LogP contribution in [0.25, 0.3) is 0 Å². The van der Waals surface area contributed by atoms with E-state index in [-0.39, 0.29) is 0 Å². The van der Waals surface area contributed by atoms with Crippen LogP contribution in [-0.4, -0.2) is 32.5 Å². The van der Waals surface area contributed by atoms with E-state index < -0.39 is 0 Å². The molecular weight excluding hydrogens is 242 g/mol. The number of benzene rings is 1. The van der Waals surface area contributed by atoms with Gasteiger partial charge in [0.2, 0.25) is 0 Å². The summed E-state index contributed by atoms with van der Waals surface area (Å²) < 4.78 is 16.8. The first-order chi connectivity index (χ1) is 9.36. The van der Waals surface area contributed by atoms with Crippen molar-refractivity contribution in [2.24, 2.45) is 0 Å². The Bertz CT molecular complexity index is 364. The lowest BCUT2D eigenvalue weighted by molar-refractivity contribution is -0.0419. The van der Waals surface area contributed by atoms with Gasteiger partial charge in [0, 0.05) is 19.6 Å². The molecule has 19 heavy (non-hydrogen) atoms. The van der Waals surface area contributed by atoms with E-state index in [4.69, 9.17) is 19.9 Å². The highest BCUT2D eigenvalue weighted by molar-refractivity contribution is 5.51. The number of nitrogens with two attached hydrogens (primary N) is 1. The van der Waals surface area contributed by atoms with Crippen molar-refractivity contribution in [1.29, 1.82) is 0 Å². The molecule has 1 heterocycles. The molecule has 1 aliphatic heterocycles. The summed E-state index contributed by atoms with van der Waals surface area (Å²) in [6.07, 6.45) is 4.71. The van der Waals surface area contributed by atoms with E-state index in [0.717, 1.165) is 25.2 Å². The molecule has 1 aromatic rings. The maximum Gasteiger partial charge on any atom is 0.142 e. The summed E-state index contributed by atoms with van der Waals surface area (Å²) in [5, 5.41) is 0. The van der Waals surface area contributed by atoms with Crippen molar-refractivity contribution in [2.75, 3.05) is 32.2 Å². The average molecular weight is 265 g/mol. The molecule has 1 unspecified atom stereocenters. The largest absolute Gasteiger partial charge is 0.491 e. The quantitative estimate of drug-likeness (QED) is 0.608. The predicted octanol–water partition coefficient (Wildman–Crippen LogP) is 2.62. The molecule has 2 N–H and O–H groups in total. The third-order valence-electron chi connectivity index (χ3n) is 3.19. The smallest absolute Gasteiger partial charge is 0.142 e. The Morgan fingerprint density at radius 3 is 2.89 bits per heavy atom. The molecule has 2 rings (SSSR count). The highest BCUT2D eigenvalue weighted by Gasteiger charge is 2.13. The zero-order valence-electron chi connectivity index (χ0n) is 11.3. The first-order valence-electron chi connectivity index (χ1n) is 7.03. The second-order valence-corrected chi connectivity index (χ2v) is 4.80. The summed E-state index contributed by atoms with van der Waals surface area (Å²) in [4.78, 5) is 0. The fraction of sp³-hybridized carbons (Fsp3) is 0.600. The molecule has 4 nitrogen and oxygen atoms in total. The third-order valence-corrected chi connectivity index (χ3v) is 3.19. The molecule has 1 aliphatic rings. The first kappa shape index (κ1) is 14.2. The summed E-state index contributed by atoms with van der Waals surface area (Å²) in [5.41, 5.74) is 6.47. The van der Waals surface area contributed by atoms with Gasteiger partial charge in [-0.1, -0.05) is 12.1 Å². The van der Waals surface area contributed by atoms with Crippen LogP contribution in [0.15, 0.2) is 24.3 Å². The molecule has 4 heteroatoms. The van der Waals surface area contributed by atoms with E-state index in [1.807, 2.05) is 24.3 Å².